The van der Waals surface area contributed by atoms with Crippen LogP contribution in [0.2, 0.25) is 0 Å². The molecule has 0 saturated heterocycles. The third-order valence-electron chi connectivity index (χ3n) is 4.96. The Kier molecular flexibility index (Phi) is 17.4. The molecule has 0 atom stereocenters. The molecule has 0 radical (unpaired) electrons. The molecule has 0 heterocycles. The highest BCUT2D eigenvalue weighted by Gasteiger charge is 2.03. The molecule has 0 saturated carbocycles. The van der Waals surface area contributed by atoms with Crippen molar-refractivity contribution in [3.8, 4) is 11.5 Å². The predicted molar refractivity (Wildman–Crippen MR) is 151 cm³/mol. The van der Waals surface area contributed by atoms with Gasteiger partial charge < -0.3 is 28.4 Å². The van der Waals surface area contributed by atoms with Crippen LogP contribution in [0.25, 0.3) is 0 Å². The van der Waals surface area contributed by atoms with Crippen LogP contribution < -0.4 is 9.47 Å². The summed E-state index contributed by atoms with van der Waals surface area (Å²) in [5.41, 5.74) is 3.27. The lowest BCUT2D eigenvalue weighted by atomic mass is 10.2. The van der Waals surface area contributed by atoms with Crippen LogP contribution >= 0.6 is 0 Å². The maximum absolute atomic E-state index is 11.1. The van der Waals surface area contributed by atoms with Gasteiger partial charge in [0.1, 0.15) is 37.9 Å². The molecule has 0 aliphatic carbocycles. The minimum atomic E-state index is -0.389. The summed E-state index contributed by atoms with van der Waals surface area (Å²) in [7, 11) is 0. The van der Waals surface area contributed by atoms with Crippen LogP contribution in [-0.4, -0.2) is 64.8 Å². The van der Waals surface area contributed by atoms with E-state index in [2.05, 4.69) is 20.1 Å². The molecule has 0 unspecified atom stereocenters. The molecule has 39 heavy (non-hydrogen) atoms. The first-order valence-corrected chi connectivity index (χ1v) is 12.9. The summed E-state index contributed by atoms with van der Waals surface area (Å²) in [5.74, 6) is 0.878. The molecule has 0 bridgehead atoms. The minimum Gasteiger partial charge on any atom is -0.491 e. The van der Waals surface area contributed by atoms with Gasteiger partial charge >= 0.3 is 11.9 Å². The molecule has 2 aromatic carbocycles. The van der Waals surface area contributed by atoms with Crippen molar-refractivity contribution in [3.05, 3.63) is 84.0 Å². The molecule has 8 nitrogen and oxygen atoms in total. The Bertz CT molecular complexity index is 996. The summed E-state index contributed by atoms with van der Waals surface area (Å²) in [6.45, 7) is 17.4. The van der Waals surface area contributed by atoms with Crippen molar-refractivity contribution in [2.75, 3.05) is 52.9 Å². The number of ether oxygens (including phenoxy) is 6. The summed E-state index contributed by atoms with van der Waals surface area (Å²) < 4.78 is 31.3. The minimum absolute atomic E-state index is 0.232. The normalized spacial score (nSPS) is 10.1. The fraction of sp³-hybridized carbons (Fsp3) is 0.419. The van der Waals surface area contributed by atoms with Crippen LogP contribution in [0.1, 0.15) is 31.9 Å². The highest BCUT2D eigenvalue weighted by molar-refractivity contribution is 5.87. The largest absolute Gasteiger partial charge is 0.491 e. The van der Waals surface area contributed by atoms with Gasteiger partial charge in [-0.1, -0.05) is 49.9 Å². The molecule has 0 aliphatic heterocycles. The monoisotopic (exact) mass is 542 g/mol. The van der Waals surface area contributed by atoms with Crippen LogP contribution in [0.4, 0.5) is 0 Å². The maximum atomic E-state index is 11.1. The SMILES string of the molecule is C=C(C)C(=O)OCCOCCOc1ccc(C)cc1.C=C(C)C(=O)OCCOCCOc1ccc(CC)cc1. The molecule has 0 aliphatic rings. The Morgan fingerprint density at radius 1 is 0.615 bits per heavy atom. The molecule has 214 valence electrons. The van der Waals surface area contributed by atoms with Crippen LogP contribution in [0, 0.1) is 6.92 Å². The first-order valence-electron chi connectivity index (χ1n) is 12.9. The van der Waals surface area contributed by atoms with Gasteiger partial charge in [-0.3, -0.25) is 0 Å². The van der Waals surface area contributed by atoms with Crippen LogP contribution in [0.15, 0.2) is 72.8 Å². The highest BCUT2D eigenvalue weighted by Crippen LogP contribution is 2.12. The zero-order valence-corrected chi connectivity index (χ0v) is 23.7. The van der Waals surface area contributed by atoms with Crippen LogP contribution in [0.5, 0.6) is 11.5 Å². The van der Waals surface area contributed by atoms with E-state index in [4.69, 9.17) is 28.4 Å². The second-order valence-corrected chi connectivity index (χ2v) is 8.56. The molecule has 0 fully saturated rings. The average molecular weight is 543 g/mol. The van der Waals surface area contributed by atoms with Crippen molar-refractivity contribution in [1.82, 2.24) is 0 Å². The van der Waals surface area contributed by atoms with Gasteiger partial charge in [-0.25, -0.2) is 9.59 Å². The van der Waals surface area contributed by atoms with E-state index in [1.165, 1.54) is 11.1 Å². The third kappa shape index (κ3) is 16.8. The molecule has 2 aromatic rings. The van der Waals surface area contributed by atoms with Crippen molar-refractivity contribution in [3.63, 3.8) is 0 Å². The average Bonchev–Trinajstić information content (AvgIpc) is 2.93. The Hall–Kier alpha value is -3.62. The molecule has 0 amide bonds. The first-order chi connectivity index (χ1) is 18.7. The summed E-state index contributed by atoms with van der Waals surface area (Å²) in [5, 5.41) is 0. The first kappa shape index (κ1) is 33.4. The fourth-order valence-electron chi connectivity index (χ4n) is 2.73. The Balaban J connectivity index is 0.000000391. The Morgan fingerprint density at radius 3 is 1.38 bits per heavy atom. The van der Waals surface area contributed by atoms with Gasteiger partial charge in [0.05, 0.1) is 26.4 Å². The van der Waals surface area contributed by atoms with Gasteiger partial charge in [-0.2, -0.15) is 0 Å². The molecular formula is C31H42O8. The number of hydrogen-bond donors (Lipinski definition) is 0. The summed E-state index contributed by atoms with van der Waals surface area (Å²) in [6.07, 6.45) is 1.02. The zero-order valence-electron chi connectivity index (χ0n) is 23.7. The molecule has 2 rings (SSSR count). The summed E-state index contributed by atoms with van der Waals surface area (Å²) in [6, 6.07) is 15.8. The number of hydrogen-bond acceptors (Lipinski definition) is 8. The number of benzene rings is 2. The van der Waals surface area contributed by atoms with Gasteiger partial charge in [0.15, 0.2) is 0 Å². The predicted octanol–water partition coefficient (Wildman–Crippen LogP) is 5.27. The summed E-state index contributed by atoms with van der Waals surface area (Å²) >= 11 is 0. The van der Waals surface area contributed by atoms with E-state index >= 15 is 0 Å². The number of carbonyl (C=O) groups is 2. The third-order valence-corrected chi connectivity index (χ3v) is 4.96. The lowest BCUT2D eigenvalue weighted by Crippen LogP contribution is -2.13. The van der Waals surface area contributed by atoms with E-state index in [-0.39, 0.29) is 25.2 Å². The number of aryl methyl sites for hydroxylation is 2. The van der Waals surface area contributed by atoms with E-state index in [0.29, 0.717) is 50.8 Å². The number of carbonyl (C=O) groups excluding carboxylic acids is 2. The van der Waals surface area contributed by atoms with Crippen molar-refractivity contribution < 1.29 is 38.0 Å². The van der Waals surface area contributed by atoms with E-state index in [0.717, 1.165) is 17.9 Å². The second kappa shape index (κ2) is 20.4. The van der Waals surface area contributed by atoms with E-state index in [1.54, 1.807) is 13.8 Å². The maximum Gasteiger partial charge on any atom is 0.333 e. The van der Waals surface area contributed by atoms with Crippen LogP contribution in [-0.2, 0) is 35.0 Å². The van der Waals surface area contributed by atoms with Crippen LogP contribution in [0.3, 0.4) is 0 Å². The molecule has 0 N–H and O–H groups in total. The lowest BCUT2D eigenvalue weighted by molar-refractivity contribution is -0.141. The number of esters is 2. The topological polar surface area (TPSA) is 89.5 Å². The van der Waals surface area contributed by atoms with Gasteiger partial charge in [0.25, 0.3) is 0 Å². The highest BCUT2D eigenvalue weighted by atomic mass is 16.6. The Labute approximate surface area is 232 Å². The molecule has 0 spiro atoms. The smallest absolute Gasteiger partial charge is 0.333 e. The van der Waals surface area contributed by atoms with Crippen molar-refractivity contribution in [1.29, 1.82) is 0 Å². The van der Waals surface area contributed by atoms with Crippen molar-refractivity contribution in [2.45, 2.75) is 34.1 Å². The van der Waals surface area contributed by atoms with E-state index in [9.17, 15) is 9.59 Å². The van der Waals surface area contributed by atoms with Crippen molar-refractivity contribution in [2.24, 2.45) is 0 Å². The van der Waals surface area contributed by atoms with Gasteiger partial charge in [0, 0.05) is 11.1 Å². The second-order valence-electron chi connectivity index (χ2n) is 8.56. The van der Waals surface area contributed by atoms with Gasteiger partial charge in [-0.05, 0) is 57.0 Å². The summed E-state index contributed by atoms with van der Waals surface area (Å²) in [4.78, 5) is 22.1. The van der Waals surface area contributed by atoms with Crippen molar-refractivity contribution >= 4 is 11.9 Å². The zero-order chi connectivity index (χ0) is 28.9. The van der Waals surface area contributed by atoms with Gasteiger partial charge in [-0.15, -0.1) is 0 Å². The molecule has 0 aromatic heterocycles. The lowest BCUT2D eigenvalue weighted by Gasteiger charge is -2.08. The number of rotatable bonds is 17. The Morgan fingerprint density at radius 2 is 1.00 bits per heavy atom. The fourth-order valence-corrected chi connectivity index (χ4v) is 2.73. The molecule has 8 heteroatoms. The van der Waals surface area contributed by atoms with E-state index < -0.39 is 0 Å². The van der Waals surface area contributed by atoms with E-state index in [1.807, 2.05) is 55.5 Å². The quantitative estimate of drug-likeness (QED) is 0.152. The standard InChI is InChI=1S/C16H22O4.C15H20O4/c1-4-14-5-7-15(8-6-14)19-11-9-18-10-12-20-16(17)13(2)3;1-12(2)15(16)19-11-9-17-8-10-18-14-6-4-13(3)5-7-14/h5-8H,2,4,9-12H2,1,3H3;4-7H,1,8-11H2,2-3H3. The van der Waals surface area contributed by atoms with Gasteiger partial charge in [0.2, 0.25) is 0 Å². The molecular weight excluding hydrogens is 500 g/mol.